The topological polar surface area (TPSA) is 80.5 Å². The molecule has 0 amide bonds. The summed E-state index contributed by atoms with van der Waals surface area (Å²) in [4.78, 5) is 12.7. The number of anilines is 2. The second kappa shape index (κ2) is 6.12. The molecular weight excluding hydrogens is 242 g/mol. The Kier molecular flexibility index (Phi) is 4.27. The van der Waals surface area contributed by atoms with Gasteiger partial charge in [-0.1, -0.05) is 13.3 Å². The fourth-order valence-electron chi connectivity index (χ4n) is 1.89. The van der Waals surface area contributed by atoms with Crippen LogP contribution in [0, 0.1) is 0 Å². The molecule has 2 heterocycles. The third-order valence-electron chi connectivity index (χ3n) is 2.74. The minimum Gasteiger partial charge on any atom is -0.373 e. The first-order valence-electron chi connectivity index (χ1n) is 6.34. The van der Waals surface area contributed by atoms with Gasteiger partial charge in [0.1, 0.15) is 24.3 Å². The number of aromatic nitrogens is 5. The predicted octanol–water partition coefficient (Wildman–Crippen LogP) is 1.21. The number of hydrogen-bond acceptors (Lipinski definition) is 6. The lowest BCUT2D eigenvalue weighted by Crippen LogP contribution is -2.09. The monoisotopic (exact) mass is 261 g/mol. The summed E-state index contributed by atoms with van der Waals surface area (Å²) in [5.41, 5.74) is 1.10. The van der Waals surface area contributed by atoms with Gasteiger partial charge in [-0.2, -0.15) is 5.10 Å². The Bertz CT molecular complexity index is 535. The van der Waals surface area contributed by atoms with Gasteiger partial charge >= 0.3 is 0 Å². The van der Waals surface area contributed by atoms with Gasteiger partial charge in [0, 0.05) is 19.7 Å². The van der Waals surface area contributed by atoms with E-state index in [1.165, 1.54) is 0 Å². The van der Waals surface area contributed by atoms with Crippen LogP contribution in [0.5, 0.6) is 0 Å². The van der Waals surface area contributed by atoms with Crippen molar-refractivity contribution in [1.82, 2.24) is 24.7 Å². The van der Waals surface area contributed by atoms with Crippen molar-refractivity contribution in [2.45, 2.75) is 26.3 Å². The third kappa shape index (κ3) is 3.18. The van der Waals surface area contributed by atoms with E-state index in [-0.39, 0.29) is 0 Å². The highest BCUT2D eigenvalue weighted by Crippen LogP contribution is 2.21. The molecule has 0 atom stereocenters. The first-order valence-corrected chi connectivity index (χ1v) is 6.34. The molecule has 2 aromatic rings. The Morgan fingerprint density at radius 2 is 2.00 bits per heavy atom. The van der Waals surface area contributed by atoms with E-state index < -0.39 is 0 Å². The second-order valence-electron chi connectivity index (χ2n) is 4.24. The van der Waals surface area contributed by atoms with E-state index in [1.54, 1.807) is 17.3 Å². The maximum atomic E-state index is 4.30. The molecule has 0 saturated heterocycles. The van der Waals surface area contributed by atoms with Crippen LogP contribution in [0.1, 0.15) is 24.7 Å². The Balaban J connectivity index is 2.14. The number of rotatable bonds is 6. The fraction of sp³-hybridized carbons (Fsp3) is 0.500. The summed E-state index contributed by atoms with van der Waals surface area (Å²) in [7, 11) is 3.72. The van der Waals surface area contributed by atoms with Gasteiger partial charge in [0.2, 0.25) is 0 Å². The van der Waals surface area contributed by atoms with E-state index in [4.69, 9.17) is 0 Å². The molecule has 7 nitrogen and oxygen atoms in total. The highest BCUT2D eigenvalue weighted by Gasteiger charge is 2.10. The SMILES string of the molecule is CCCc1c(NC)ncnc1NCc1ncn(C)n1. The summed E-state index contributed by atoms with van der Waals surface area (Å²) in [5, 5.41) is 10.6. The van der Waals surface area contributed by atoms with Gasteiger partial charge in [-0.15, -0.1) is 0 Å². The van der Waals surface area contributed by atoms with Crippen molar-refractivity contribution in [2.75, 3.05) is 17.7 Å². The van der Waals surface area contributed by atoms with Crippen molar-refractivity contribution in [3.8, 4) is 0 Å². The van der Waals surface area contributed by atoms with Gasteiger partial charge in [0.15, 0.2) is 5.82 Å². The summed E-state index contributed by atoms with van der Waals surface area (Å²) in [6.07, 6.45) is 5.20. The molecular formula is C12H19N7. The zero-order chi connectivity index (χ0) is 13.7. The molecule has 0 aliphatic carbocycles. The van der Waals surface area contributed by atoms with E-state index in [2.05, 4.69) is 37.6 Å². The molecule has 0 aliphatic rings. The third-order valence-corrected chi connectivity index (χ3v) is 2.74. The molecule has 0 unspecified atom stereocenters. The lowest BCUT2D eigenvalue weighted by atomic mass is 10.1. The normalized spacial score (nSPS) is 10.5. The van der Waals surface area contributed by atoms with Crippen LogP contribution in [0.4, 0.5) is 11.6 Å². The van der Waals surface area contributed by atoms with E-state index in [0.717, 1.165) is 35.9 Å². The smallest absolute Gasteiger partial charge is 0.169 e. The molecule has 102 valence electrons. The van der Waals surface area contributed by atoms with Crippen LogP contribution in [-0.2, 0) is 20.0 Å². The summed E-state index contributed by atoms with van der Waals surface area (Å²) < 4.78 is 1.68. The molecule has 0 bridgehead atoms. The van der Waals surface area contributed by atoms with Crippen molar-refractivity contribution in [1.29, 1.82) is 0 Å². The Morgan fingerprint density at radius 3 is 2.63 bits per heavy atom. The van der Waals surface area contributed by atoms with E-state index in [9.17, 15) is 0 Å². The molecule has 2 rings (SSSR count). The molecule has 0 radical (unpaired) electrons. The average molecular weight is 261 g/mol. The van der Waals surface area contributed by atoms with E-state index in [1.807, 2.05) is 14.1 Å². The molecule has 7 heteroatoms. The lowest BCUT2D eigenvalue weighted by molar-refractivity contribution is 0.746. The van der Waals surface area contributed by atoms with Gasteiger partial charge in [0.25, 0.3) is 0 Å². The Labute approximate surface area is 112 Å². The van der Waals surface area contributed by atoms with E-state index >= 15 is 0 Å². The minimum atomic E-state index is 0.553. The maximum Gasteiger partial charge on any atom is 0.169 e. The zero-order valence-corrected chi connectivity index (χ0v) is 11.5. The first kappa shape index (κ1) is 13.3. The van der Waals surface area contributed by atoms with Crippen molar-refractivity contribution in [3.05, 3.63) is 24.0 Å². The summed E-state index contributed by atoms with van der Waals surface area (Å²) in [5.74, 6) is 2.46. The average Bonchev–Trinajstić information content (AvgIpc) is 2.83. The molecule has 0 aliphatic heterocycles. The van der Waals surface area contributed by atoms with Gasteiger partial charge in [-0.25, -0.2) is 15.0 Å². The van der Waals surface area contributed by atoms with Crippen LogP contribution < -0.4 is 10.6 Å². The highest BCUT2D eigenvalue weighted by molar-refractivity contribution is 5.57. The summed E-state index contributed by atoms with van der Waals surface area (Å²) in [6, 6.07) is 0. The van der Waals surface area contributed by atoms with Crippen molar-refractivity contribution in [2.24, 2.45) is 7.05 Å². The van der Waals surface area contributed by atoms with Crippen LogP contribution in [-0.4, -0.2) is 31.8 Å². The van der Waals surface area contributed by atoms with Gasteiger partial charge in [-0.05, 0) is 6.42 Å². The Morgan fingerprint density at radius 1 is 1.21 bits per heavy atom. The zero-order valence-electron chi connectivity index (χ0n) is 11.5. The predicted molar refractivity (Wildman–Crippen MR) is 73.9 cm³/mol. The van der Waals surface area contributed by atoms with Gasteiger partial charge in [0.05, 0.1) is 6.54 Å². The Hall–Kier alpha value is -2.18. The first-order chi connectivity index (χ1) is 9.24. The van der Waals surface area contributed by atoms with Gasteiger partial charge in [-0.3, -0.25) is 4.68 Å². The second-order valence-corrected chi connectivity index (χ2v) is 4.24. The van der Waals surface area contributed by atoms with Crippen LogP contribution >= 0.6 is 0 Å². The fourth-order valence-corrected chi connectivity index (χ4v) is 1.89. The number of nitrogens with zero attached hydrogens (tertiary/aromatic N) is 5. The highest BCUT2D eigenvalue weighted by atomic mass is 15.3. The van der Waals surface area contributed by atoms with Crippen molar-refractivity contribution < 1.29 is 0 Å². The lowest BCUT2D eigenvalue weighted by Gasteiger charge is -2.12. The maximum absolute atomic E-state index is 4.30. The molecule has 0 fully saturated rings. The summed E-state index contributed by atoms with van der Waals surface area (Å²) >= 11 is 0. The molecule has 0 spiro atoms. The van der Waals surface area contributed by atoms with Crippen LogP contribution in [0.2, 0.25) is 0 Å². The van der Waals surface area contributed by atoms with E-state index in [0.29, 0.717) is 6.54 Å². The molecule has 2 N–H and O–H groups in total. The molecule has 0 aromatic carbocycles. The molecule has 19 heavy (non-hydrogen) atoms. The van der Waals surface area contributed by atoms with Crippen LogP contribution in [0.25, 0.3) is 0 Å². The van der Waals surface area contributed by atoms with Crippen LogP contribution in [0.15, 0.2) is 12.7 Å². The molecule has 2 aromatic heterocycles. The number of nitrogens with one attached hydrogen (secondary N) is 2. The van der Waals surface area contributed by atoms with Crippen molar-refractivity contribution in [3.63, 3.8) is 0 Å². The minimum absolute atomic E-state index is 0.553. The molecule has 0 saturated carbocycles. The quantitative estimate of drug-likeness (QED) is 0.813. The van der Waals surface area contributed by atoms with Gasteiger partial charge < -0.3 is 10.6 Å². The van der Waals surface area contributed by atoms with Crippen molar-refractivity contribution >= 4 is 11.6 Å². The summed E-state index contributed by atoms with van der Waals surface area (Å²) in [6.45, 7) is 2.69. The standard InChI is InChI=1S/C12H19N7/c1-4-5-9-11(13-2)15-7-16-12(9)14-6-10-17-8-19(3)18-10/h7-8H,4-6H2,1-3H3,(H2,13,14,15,16). The number of hydrogen-bond donors (Lipinski definition) is 2. The number of aryl methyl sites for hydroxylation is 1. The van der Waals surface area contributed by atoms with Crippen LogP contribution in [0.3, 0.4) is 0 Å². The largest absolute Gasteiger partial charge is 0.373 e.